The number of carboxylic acid groups (broad SMARTS) is 1. The fraction of sp³-hybridized carbons (Fsp3) is 0.744. The summed E-state index contributed by atoms with van der Waals surface area (Å²) in [4.78, 5) is 99.8. The van der Waals surface area contributed by atoms with Crippen molar-refractivity contribution >= 4 is 41.4 Å². The lowest BCUT2D eigenvalue weighted by Crippen LogP contribution is -2.61. The number of carbonyl (C=O) groups excluding carboxylic acids is 6. The molecule has 1 heterocycles. The van der Waals surface area contributed by atoms with Crippen molar-refractivity contribution in [1.29, 1.82) is 0 Å². The predicted octanol–water partition coefficient (Wildman–Crippen LogP) is -0.167. The first-order chi connectivity index (χ1) is 27.5. The average molecular weight is 822 g/mol. The van der Waals surface area contributed by atoms with Crippen molar-refractivity contribution in [2.24, 2.45) is 29.0 Å². The molecular formula is C39H71N11O8. The van der Waals surface area contributed by atoms with E-state index < -0.39 is 95.5 Å². The molecule has 14 N–H and O–H groups in total. The zero-order valence-electron chi connectivity index (χ0n) is 35.2. The van der Waals surface area contributed by atoms with E-state index >= 15 is 0 Å². The molecule has 0 unspecified atom stereocenters. The number of nitrogens with two attached hydrogens (primary N) is 3. The summed E-state index contributed by atoms with van der Waals surface area (Å²) in [6.45, 7) is 11.3. The Morgan fingerprint density at radius 2 is 1.10 bits per heavy atom. The summed E-state index contributed by atoms with van der Waals surface area (Å²) in [7, 11) is 0. The first-order valence-corrected chi connectivity index (χ1v) is 20.7. The van der Waals surface area contributed by atoms with E-state index in [0.29, 0.717) is 70.2 Å². The minimum absolute atomic E-state index is 0.156. The number of hydrogen-bond donors (Lipinski definition) is 11. The molecule has 6 amide bonds. The van der Waals surface area contributed by atoms with Crippen molar-refractivity contribution in [3.63, 3.8) is 0 Å². The normalized spacial score (nSPS) is 15.9. The Balaban J connectivity index is 3.14. The van der Waals surface area contributed by atoms with E-state index in [-0.39, 0.29) is 19.3 Å². The topological polar surface area (TPSA) is 319 Å². The van der Waals surface area contributed by atoms with Gasteiger partial charge in [-0.25, -0.2) is 9.78 Å². The zero-order chi connectivity index (χ0) is 43.8. The average Bonchev–Trinajstić information content (AvgIpc) is 3.71. The quantitative estimate of drug-likeness (QED) is 0.0451. The smallest absolute Gasteiger partial charge is 0.326 e. The van der Waals surface area contributed by atoms with Gasteiger partial charge >= 0.3 is 5.97 Å². The number of amides is 6. The molecule has 330 valence electrons. The predicted molar refractivity (Wildman–Crippen MR) is 219 cm³/mol. The van der Waals surface area contributed by atoms with E-state index in [2.05, 4.69) is 41.9 Å². The third kappa shape index (κ3) is 18.3. The molecule has 0 fully saturated rings. The van der Waals surface area contributed by atoms with Crippen molar-refractivity contribution in [3.05, 3.63) is 18.2 Å². The highest BCUT2D eigenvalue weighted by molar-refractivity contribution is 5.97. The Morgan fingerprint density at radius 3 is 1.59 bits per heavy atom. The Kier molecular flexibility index (Phi) is 24.7. The minimum Gasteiger partial charge on any atom is -0.480 e. The van der Waals surface area contributed by atoms with Crippen LogP contribution in [0.2, 0.25) is 0 Å². The van der Waals surface area contributed by atoms with Gasteiger partial charge < -0.3 is 59.2 Å². The van der Waals surface area contributed by atoms with Gasteiger partial charge in [0.1, 0.15) is 36.3 Å². The van der Waals surface area contributed by atoms with Crippen LogP contribution >= 0.6 is 0 Å². The second-order valence-corrected chi connectivity index (χ2v) is 15.1. The molecule has 58 heavy (non-hydrogen) atoms. The van der Waals surface area contributed by atoms with Crippen molar-refractivity contribution in [2.75, 3.05) is 13.1 Å². The van der Waals surface area contributed by atoms with Crippen LogP contribution in [0.25, 0.3) is 0 Å². The first-order valence-electron chi connectivity index (χ1n) is 20.7. The lowest BCUT2D eigenvalue weighted by atomic mass is 9.94. The van der Waals surface area contributed by atoms with Crippen molar-refractivity contribution in [3.8, 4) is 0 Å². The van der Waals surface area contributed by atoms with Gasteiger partial charge in [-0.1, -0.05) is 60.3 Å². The Hall–Kier alpha value is -4.62. The number of aromatic nitrogens is 2. The molecule has 0 aliphatic heterocycles. The van der Waals surface area contributed by atoms with Crippen molar-refractivity contribution < 1.29 is 38.7 Å². The first kappa shape index (κ1) is 51.4. The summed E-state index contributed by atoms with van der Waals surface area (Å²) >= 11 is 0. The van der Waals surface area contributed by atoms with Crippen LogP contribution in [0, 0.1) is 11.8 Å². The molecule has 1 aromatic rings. The molecule has 0 saturated carbocycles. The molecule has 0 bridgehead atoms. The molecule has 19 nitrogen and oxygen atoms in total. The van der Waals surface area contributed by atoms with Crippen LogP contribution in [-0.4, -0.2) is 112 Å². The number of rotatable bonds is 30. The van der Waals surface area contributed by atoms with E-state index in [0.717, 1.165) is 6.42 Å². The molecule has 0 radical (unpaired) electrons. The monoisotopic (exact) mass is 822 g/mol. The molecule has 0 aromatic carbocycles. The van der Waals surface area contributed by atoms with Crippen molar-refractivity contribution in [2.45, 2.75) is 161 Å². The van der Waals surface area contributed by atoms with Crippen LogP contribution in [0.1, 0.15) is 118 Å². The van der Waals surface area contributed by atoms with Gasteiger partial charge in [0.15, 0.2) is 0 Å². The van der Waals surface area contributed by atoms with Crippen LogP contribution in [0.5, 0.6) is 0 Å². The number of carboxylic acids is 1. The number of nitrogens with one attached hydrogen (secondary N) is 7. The lowest BCUT2D eigenvalue weighted by Gasteiger charge is -2.31. The summed E-state index contributed by atoms with van der Waals surface area (Å²) in [6, 6.07) is -7.56. The molecule has 19 heteroatoms. The Morgan fingerprint density at radius 1 is 0.638 bits per heavy atom. The van der Waals surface area contributed by atoms with Crippen LogP contribution < -0.4 is 49.1 Å². The number of nitrogens with zero attached hydrogens (tertiary/aromatic N) is 1. The molecule has 0 saturated heterocycles. The maximum atomic E-state index is 13.9. The van der Waals surface area contributed by atoms with E-state index in [9.17, 15) is 38.7 Å². The molecular weight excluding hydrogens is 750 g/mol. The van der Waals surface area contributed by atoms with Gasteiger partial charge in [0.2, 0.25) is 35.4 Å². The van der Waals surface area contributed by atoms with Gasteiger partial charge in [-0.3, -0.25) is 28.8 Å². The van der Waals surface area contributed by atoms with Gasteiger partial charge in [0, 0.05) is 12.6 Å². The minimum atomic E-state index is -1.21. The number of aliphatic carboxylic acids is 1. The number of aromatic amines is 1. The summed E-state index contributed by atoms with van der Waals surface area (Å²) in [5, 5.41) is 25.8. The largest absolute Gasteiger partial charge is 0.480 e. The number of unbranched alkanes of at least 4 members (excludes halogenated alkanes) is 3. The van der Waals surface area contributed by atoms with Gasteiger partial charge in [0.05, 0.1) is 18.1 Å². The number of H-pyrrole nitrogens is 1. The highest BCUT2D eigenvalue weighted by Gasteiger charge is 2.35. The molecule has 0 aliphatic carbocycles. The number of carbonyl (C=O) groups is 7. The fourth-order valence-electron chi connectivity index (χ4n) is 6.03. The second-order valence-electron chi connectivity index (χ2n) is 15.1. The summed E-state index contributed by atoms with van der Waals surface area (Å²) in [5.41, 5.74) is 17.9. The van der Waals surface area contributed by atoms with Gasteiger partial charge in [-0.2, -0.15) is 0 Å². The molecule has 0 spiro atoms. The molecule has 1 rings (SSSR count). The summed E-state index contributed by atoms with van der Waals surface area (Å²) < 4.78 is 0. The van der Waals surface area contributed by atoms with E-state index in [1.54, 1.807) is 20.0 Å². The number of imidazole rings is 1. The zero-order valence-corrected chi connectivity index (χ0v) is 35.2. The maximum absolute atomic E-state index is 13.9. The fourth-order valence-corrected chi connectivity index (χ4v) is 6.03. The van der Waals surface area contributed by atoms with Gasteiger partial charge in [-0.05, 0) is 76.8 Å². The van der Waals surface area contributed by atoms with E-state index in [4.69, 9.17) is 17.2 Å². The highest BCUT2D eigenvalue weighted by Crippen LogP contribution is 2.14. The molecule has 9 atom stereocenters. The Labute approximate surface area is 342 Å². The van der Waals surface area contributed by atoms with Crippen LogP contribution in [-0.2, 0) is 40.0 Å². The Bertz CT molecular complexity index is 1430. The molecule has 1 aromatic heterocycles. The SMILES string of the molecule is CCCC[C@H](NC(=O)[C@@H](N)Cc1c[nH]cn1)C(=O)N[C@@H](C)C(=O)N[C@H](C(=O)N[C@H](C(=O)N[C@@H](CCCCN)C(=O)N[C@@H](CCCCN)C(=O)O)[C@@H](C)CC)[C@@H](C)CC. The highest BCUT2D eigenvalue weighted by atomic mass is 16.4. The second kappa shape index (κ2) is 27.9. The lowest BCUT2D eigenvalue weighted by molar-refractivity contribution is -0.142. The van der Waals surface area contributed by atoms with Crippen LogP contribution in [0.3, 0.4) is 0 Å². The van der Waals surface area contributed by atoms with E-state index in [1.807, 2.05) is 20.8 Å². The van der Waals surface area contributed by atoms with Crippen molar-refractivity contribution in [1.82, 2.24) is 41.9 Å². The standard InChI is InChI=1S/C39H71N11O8/c1-7-10-15-28(46-34(52)27(42)20-26-21-43-22-44-26)35(53)45-25(6)33(51)49-32(24(5)9-3)38(56)50-31(23(4)8-2)37(55)47-29(16-11-13-18-40)36(54)48-30(39(57)58)17-12-14-19-41/h21-25,27-32H,7-20,40-42H2,1-6H3,(H,43,44)(H,45,53)(H,46,52)(H,47,55)(H,48,54)(H,49,51)(H,50,56)(H,57,58)/t23-,24-,25-,27-,28-,29-,30-,31-,32-/m0/s1. The maximum Gasteiger partial charge on any atom is 0.326 e. The molecule has 0 aliphatic rings. The third-order valence-corrected chi connectivity index (χ3v) is 10.3. The van der Waals surface area contributed by atoms with Gasteiger partial charge in [-0.15, -0.1) is 0 Å². The van der Waals surface area contributed by atoms with Crippen LogP contribution in [0.4, 0.5) is 0 Å². The third-order valence-electron chi connectivity index (χ3n) is 10.3. The summed E-state index contributed by atoms with van der Waals surface area (Å²) in [6.07, 6.45) is 8.32. The van der Waals surface area contributed by atoms with E-state index in [1.165, 1.54) is 13.3 Å². The van der Waals surface area contributed by atoms with Gasteiger partial charge in [0.25, 0.3) is 0 Å². The van der Waals surface area contributed by atoms with Crippen LogP contribution in [0.15, 0.2) is 12.5 Å². The summed E-state index contributed by atoms with van der Waals surface area (Å²) in [5.74, 6) is -5.78. The number of hydrogen-bond acceptors (Lipinski definition) is 11.